The summed E-state index contributed by atoms with van der Waals surface area (Å²) in [7, 11) is 4.10. The molecule has 5 nitrogen and oxygen atoms in total. The minimum absolute atomic E-state index is 0.112. The van der Waals surface area contributed by atoms with Gasteiger partial charge in [0.15, 0.2) is 0 Å². The Labute approximate surface area is 141 Å². The number of piperidine rings is 1. The number of nitrogens with zero attached hydrogens (tertiary/aromatic N) is 1. The van der Waals surface area contributed by atoms with Crippen molar-refractivity contribution in [1.29, 1.82) is 0 Å². The Balaban J connectivity index is 2.31. The maximum Gasteiger partial charge on any atom is 0.334 e. The van der Waals surface area contributed by atoms with E-state index in [0.29, 0.717) is 17.3 Å². The molecule has 0 unspecified atom stereocenters. The Morgan fingerprint density at radius 3 is 2.35 bits per heavy atom. The number of rotatable bonds is 8. The third-order valence-electron chi connectivity index (χ3n) is 4.14. The van der Waals surface area contributed by atoms with E-state index in [2.05, 4.69) is 39.6 Å². The molecule has 1 heterocycles. The molecule has 0 spiro atoms. The first-order valence-corrected chi connectivity index (χ1v) is 8.47. The zero-order chi connectivity index (χ0) is 17.7. The molecule has 1 fully saturated rings. The van der Waals surface area contributed by atoms with Crippen molar-refractivity contribution in [3.05, 3.63) is 12.7 Å². The summed E-state index contributed by atoms with van der Waals surface area (Å²) in [5.41, 5.74) is 0.223. The van der Waals surface area contributed by atoms with E-state index in [-0.39, 0.29) is 17.0 Å². The molecule has 23 heavy (non-hydrogen) atoms. The number of carbonyl (C=O) groups is 1. The van der Waals surface area contributed by atoms with Gasteiger partial charge in [-0.15, -0.1) is 0 Å². The molecule has 0 amide bonds. The predicted octanol–water partition coefficient (Wildman–Crippen LogP) is 2.47. The number of hydrogen-bond acceptors (Lipinski definition) is 4. The molecule has 1 saturated heterocycles. The fourth-order valence-corrected chi connectivity index (χ4v) is 3.45. The van der Waals surface area contributed by atoms with Crippen LogP contribution < -0.4 is 5.32 Å². The molecule has 0 bridgehead atoms. The molecular formula is C18H35N2O3+. The van der Waals surface area contributed by atoms with Crippen molar-refractivity contribution in [3.8, 4) is 0 Å². The van der Waals surface area contributed by atoms with Crippen molar-refractivity contribution in [1.82, 2.24) is 5.32 Å². The van der Waals surface area contributed by atoms with Gasteiger partial charge in [0, 0.05) is 23.6 Å². The minimum Gasteiger partial charge on any atom is -0.412 e. The number of nitrogens with one attached hydrogen (secondary N) is 1. The lowest BCUT2D eigenvalue weighted by Crippen LogP contribution is -2.59. The van der Waals surface area contributed by atoms with Crippen LogP contribution in [0.25, 0.3) is 0 Å². The third-order valence-corrected chi connectivity index (χ3v) is 4.14. The van der Waals surface area contributed by atoms with Crippen molar-refractivity contribution in [2.75, 3.05) is 34.0 Å². The predicted molar refractivity (Wildman–Crippen MR) is 93.0 cm³/mol. The molecule has 0 aromatic carbocycles. The number of hydrogen-bond donors (Lipinski definition) is 1. The molecule has 1 rings (SSSR count). The van der Waals surface area contributed by atoms with E-state index in [1.54, 1.807) is 0 Å². The Morgan fingerprint density at radius 2 is 1.83 bits per heavy atom. The normalized spacial score (nSPS) is 21.0. The Kier molecular flexibility index (Phi) is 6.81. The molecule has 0 atom stereocenters. The second-order valence-corrected chi connectivity index (χ2v) is 8.60. The molecule has 1 aliphatic heterocycles. The number of quaternary nitrogens is 1. The second-order valence-electron chi connectivity index (χ2n) is 8.60. The van der Waals surface area contributed by atoms with Crippen LogP contribution in [0.3, 0.4) is 0 Å². The Bertz CT molecular complexity index is 400. The topological polar surface area (TPSA) is 47.6 Å². The highest BCUT2D eigenvalue weighted by Crippen LogP contribution is 2.30. The highest BCUT2D eigenvalue weighted by atomic mass is 16.5. The largest absolute Gasteiger partial charge is 0.412 e. The minimum atomic E-state index is -0.369. The number of esters is 1. The van der Waals surface area contributed by atoms with Crippen LogP contribution in [0.5, 0.6) is 0 Å². The molecule has 1 N–H and O–H groups in total. The van der Waals surface area contributed by atoms with Crippen molar-refractivity contribution in [2.24, 2.45) is 0 Å². The van der Waals surface area contributed by atoms with Gasteiger partial charge in [0.1, 0.15) is 0 Å². The van der Waals surface area contributed by atoms with Crippen molar-refractivity contribution in [2.45, 2.75) is 64.1 Å². The van der Waals surface area contributed by atoms with Gasteiger partial charge in [0.05, 0.1) is 33.4 Å². The van der Waals surface area contributed by atoms with Crippen LogP contribution in [0.2, 0.25) is 0 Å². The zero-order valence-corrected chi connectivity index (χ0v) is 15.8. The van der Waals surface area contributed by atoms with Crippen LogP contribution in [0.4, 0.5) is 0 Å². The monoisotopic (exact) mass is 327 g/mol. The van der Waals surface area contributed by atoms with Gasteiger partial charge in [0.2, 0.25) is 6.73 Å². The van der Waals surface area contributed by atoms with Crippen molar-refractivity contribution < 1.29 is 18.8 Å². The standard InChI is InChI=1S/C18H35N2O3/c1-8-16(21)23-14-20(6,7)10-9-11-22-15-12-17(2,3)19-18(4,5)13-15/h8,15,19H,1,9-14H2,2-7H3/q+1. The molecule has 0 radical (unpaired) electrons. The van der Waals surface area contributed by atoms with Gasteiger partial charge in [-0.05, 0) is 40.5 Å². The summed E-state index contributed by atoms with van der Waals surface area (Å²) in [6.45, 7) is 14.4. The van der Waals surface area contributed by atoms with Crippen LogP contribution in [0, 0.1) is 0 Å². The van der Waals surface area contributed by atoms with Gasteiger partial charge < -0.3 is 14.8 Å². The van der Waals surface area contributed by atoms with Gasteiger partial charge >= 0.3 is 5.97 Å². The van der Waals surface area contributed by atoms with Crippen LogP contribution in [0.15, 0.2) is 12.7 Å². The van der Waals surface area contributed by atoms with Crippen LogP contribution >= 0.6 is 0 Å². The maximum atomic E-state index is 11.1. The first-order chi connectivity index (χ1) is 10.4. The lowest BCUT2D eigenvalue weighted by molar-refractivity contribution is -0.907. The summed E-state index contributed by atoms with van der Waals surface area (Å²) in [5.74, 6) is -0.369. The molecular weight excluding hydrogens is 292 g/mol. The van der Waals surface area contributed by atoms with E-state index in [4.69, 9.17) is 9.47 Å². The molecule has 1 aliphatic rings. The summed E-state index contributed by atoms with van der Waals surface area (Å²) in [5, 5.41) is 3.67. The number of ether oxygens (including phenoxy) is 2. The molecule has 0 aliphatic carbocycles. The van der Waals surface area contributed by atoms with Crippen LogP contribution in [0.1, 0.15) is 47.0 Å². The van der Waals surface area contributed by atoms with Crippen LogP contribution in [-0.4, -0.2) is 61.6 Å². The van der Waals surface area contributed by atoms with E-state index in [1.165, 1.54) is 6.08 Å². The fourth-order valence-electron chi connectivity index (χ4n) is 3.45. The molecule has 0 aromatic rings. The summed E-state index contributed by atoms with van der Waals surface area (Å²) < 4.78 is 11.9. The highest BCUT2D eigenvalue weighted by molar-refractivity contribution is 5.81. The number of carbonyl (C=O) groups excluding carboxylic acids is 1. The first-order valence-electron chi connectivity index (χ1n) is 8.47. The molecule has 5 heteroatoms. The Hall–Kier alpha value is -0.910. The molecule has 134 valence electrons. The smallest absolute Gasteiger partial charge is 0.334 e. The van der Waals surface area contributed by atoms with E-state index < -0.39 is 0 Å². The van der Waals surface area contributed by atoms with E-state index >= 15 is 0 Å². The average molecular weight is 327 g/mol. The molecule has 0 saturated carbocycles. The van der Waals surface area contributed by atoms with Gasteiger partial charge in [0.25, 0.3) is 0 Å². The zero-order valence-electron chi connectivity index (χ0n) is 15.8. The summed E-state index contributed by atoms with van der Waals surface area (Å²) in [6, 6.07) is 0. The van der Waals surface area contributed by atoms with Crippen LogP contribution in [-0.2, 0) is 14.3 Å². The van der Waals surface area contributed by atoms with Crippen molar-refractivity contribution >= 4 is 5.97 Å². The van der Waals surface area contributed by atoms with Crippen molar-refractivity contribution in [3.63, 3.8) is 0 Å². The average Bonchev–Trinajstić information content (AvgIpc) is 2.37. The highest BCUT2D eigenvalue weighted by Gasteiger charge is 2.38. The Morgan fingerprint density at radius 1 is 1.26 bits per heavy atom. The van der Waals surface area contributed by atoms with Gasteiger partial charge in [-0.3, -0.25) is 4.48 Å². The summed E-state index contributed by atoms with van der Waals surface area (Å²) in [4.78, 5) is 11.1. The maximum absolute atomic E-state index is 11.1. The van der Waals surface area contributed by atoms with Gasteiger partial charge in [-0.2, -0.15) is 0 Å². The molecule has 0 aromatic heterocycles. The van der Waals surface area contributed by atoms with E-state index in [1.807, 2.05) is 14.1 Å². The second kappa shape index (κ2) is 7.77. The first kappa shape index (κ1) is 20.1. The SMILES string of the molecule is C=CC(=O)OC[N+](C)(C)CCCOC1CC(C)(C)NC(C)(C)C1. The summed E-state index contributed by atoms with van der Waals surface area (Å²) >= 11 is 0. The third kappa shape index (κ3) is 7.95. The lowest BCUT2D eigenvalue weighted by Gasteiger charge is -2.46. The fraction of sp³-hybridized carbons (Fsp3) is 0.833. The van der Waals surface area contributed by atoms with E-state index in [0.717, 1.165) is 32.4 Å². The lowest BCUT2D eigenvalue weighted by atomic mass is 9.81. The van der Waals surface area contributed by atoms with Gasteiger partial charge in [-0.25, -0.2) is 4.79 Å². The van der Waals surface area contributed by atoms with Gasteiger partial charge in [-0.1, -0.05) is 6.58 Å². The quantitative estimate of drug-likeness (QED) is 0.245. The summed E-state index contributed by atoms with van der Waals surface area (Å²) in [6.07, 6.45) is 4.51. The van der Waals surface area contributed by atoms with E-state index in [9.17, 15) is 4.79 Å².